The quantitative estimate of drug-likeness (QED) is 0.182. The SMILES string of the molecule is CCCC(I)c1ccc(C)c(Sc2ccc3nn(-c4cc(C)cc(C(C)(C)C)c4O)nc3c2)c1. The highest BCUT2D eigenvalue weighted by Crippen LogP contribution is 2.38. The molecule has 1 unspecified atom stereocenters. The van der Waals surface area contributed by atoms with Crippen molar-refractivity contribution in [1.82, 2.24) is 15.0 Å². The van der Waals surface area contributed by atoms with Crippen LogP contribution in [-0.2, 0) is 5.41 Å². The van der Waals surface area contributed by atoms with E-state index in [2.05, 4.69) is 92.6 Å². The van der Waals surface area contributed by atoms with E-state index in [4.69, 9.17) is 5.10 Å². The number of aryl methyl sites for hydroxylation is 2. The van der Waals surface area contributed by atoms with E-state index in [1.807, 2.05) is 25.1 Å². The third-order valence-corrected chi connectivity index (χ3v) is 8.44. The fourth-order valence-electron chi connectivity index (χ4n) is 4.02. The zero-order chi connectivity index (χ0) is 24.6. The molecule has 0 aliphatic carbocycles. The molecule has 4 nitrogen and oxygen atoms in total. The number of alkyl halides is 1. The van der Waals surface area contributed by atoms with Gasteiger partial charge in [-0.15, -0.1) is 15.0 Å². The van der Waals surface area contributed by atoms with Crippen LogP contribution in [0.15, 0.2) is 58.3 Å². The molecule has 1 aromatic heterocycles. The standard InChI is InChI=1S/C28H32IN3OS/c1-7-8-22(29)19-10-9-18(3)26(15-19)34-20-11-12-23-24(16-20)31-32(30-23)25-14-17(2)13-21(27(25)33)28(4,5)6/h9-16,22,33H,7-8H2,1-6H3. The van der Waals surface area contributed by atoms with Gasteiger partial charge in [-0.25, -0.2) is 0 Å². The van der Waals surface area contributed by atoms with Gasteiger partial charge in [-0.3, -0.25) is 0 Å². The Morgan fingerprint density at radius 2 is 1.74 bits per heavy atom. The Kier molecular flexibility index (Phi) is 7.29. The molecule has 3 aromatic carbocycles. The summed E-state index contributed by atoms with van der Waals surface area (Å²) in [5.74, 6) is 0.237. The minimum Gasteiger partial charge on any atom is -0.505 e. The van der Waals surface area contributed by atoms with Crippen LogP contribution in [-0.4, -0.2) is 20.1 Å². The number of benzene rings is 3. The summed E-state index contributed by atoms with van der Waals surface area (Å²) in [5, 5.41) is 20.4. The van der Waals surface area contributed by atoms with Crippen molar-refractivity contribution < 1.29 is 5.11 Å². The van der Waals surface area contributed by atoms with Gasteiger partial charge in [0.2, 0.25) is 0 Å². The topological polar surface area (TPSA) is 50.9 Å². The van der Waals surface area contributed by atoms with Gasteiger partial charge in [0.25, 0.3) is 0 Å². The lowest BCUT2D eigenvalue weighted by molar-refractivity contribution is 0.440. The van der Waals surface area contributed by atoms with Gasteiger partial charge in [0.05, 0.1) is 0 Å². The van der Waals surface area contributed by atoms with E-state index in [1.165, 1.54) is 28.9 Å². The maximum absolute atomic E-state index is 11.0. The van der Waals surface area contributed by atoms with Crippen LogP contribution >= 0.6 is 34.4 Å². The van der Waals surface area contributed by atoms with Crippen molar-refractivity contribution in [1.29, 1.82) is 0 Å². The van der Waals surface area contributed by atoms with Gasteiger partial charge in [0.1, 0.15) is 22.5 Å². The van der Waals surface area contributed by atoms with Crippen LogP contribution in [0.25, 0.3) is 16.7 Å². The van der Waals surface area contributed by atoms with E-state index >= 15 is 0 Å². The van der Waals surface area contributed by atoms with Crippen LogP contribution in [0.2, 0.25) is 0 Å². The van der Waals surface area contributed by atoms with E-state index < -0.39 is 0 Å². The maximum Gasteiger partial charge on any atom is 0.146 e. The molecule has 0 saturated carbocycles. The van der Waals surface area contributed by atoms with Gasteiger partial charge < -0.3 is 5.11 Å². The summed E-state index contributed by atoms with van der Waals surface area (Å²) in [4.78, 5) is 3.96. The van der Waals surface area contributed by atoms with Crippen LogP contribution in [0.4, 0.5) is 0 Å². The molecule has 0 aliphatic heterocycles. The van der Waals surface area contributed by atoms with E-state index in [9.17, 15) is 5.11 Å². The molecule has 1 heterocycles. The van der Waals surface area contributed by atoms with Crippen molar-refractivity contribution in [3.63, 3.8) is 0 Å². The molecule has 0 saturated heterocycles. The van der Waals surface area contributed by atoms with Crippen LogP contribution in [0.3, 0.4) is 0 Å². The van der Waals surface area contributed by atoms with Gasteiger partial charge in [-0.2, -0.15) is 0 Å². The summed E-state index contributed by atoms with van der Waals surface area (Å²) in [6.45, 7) is 12.7. The fourth-order valence-corrected chi connectivity index (χ4v) is 6.01. The number of hydrogen-bond acceptors (Lipinski definition) is 4. The Hall–Kier alpha value is -2.06. The second-order valence-corrected chi connectivity index (χ2v) is 12.6. The molecule has 0 bridgehead atoms. The van der Waals surface area contributed by atoms with E-state index in [1.54, 1.807) is 16.6 Å². The van der Waals surface area contributed by atoms with Crippen LogP contribution in [0, 0.1) is 13.8 Å². The van der Waals surface area contributed by atoms with Crippen molar-refractivity contribution in [2.45, 2.75) is 73.5 Å². The fraction of sp³-hybridized carbons (Fsp3) is 0.357. The molecule has 0 fully saturated rings. The molecule has 6 heteroatoms. The number of phenolic OH excluding ortho intramolecular Hbond substituents is 1. The van der Waals surface area contributed by atoms with Crippen molar-refractivity contribution in [3.05, 3.63) is 70.8 Å². The third-order valence-electron chi connectivity index (χ3n) is 5.95. The lowest BCUT2D eigenvalue weighted by Gasteiger charge is -2.22. The van der Waals surface area contributed by atoms with Crippen LogP contribution in [0.1, 0.15) is 66.7 Å². The number of rotatable bonds is 6. The van der Waals surface area contributed by atoms with E-state index in [0.717, 1.165) is 27.1 Å². The minimum absolute atomic E-state index is 0.179. The lowest BCUT2D eigenvalue weighted by atomic mass is 9.85. The second-order valence-electron chi connectivity index (χ2n) is 9.95. The molecule has 4 aromatic rings. The molecule has 0 spiro atoms. The summed E-state index contributed by atoms with van der Waals surface area (Å²) < 4.78 is 0.532. The Morgan fingerprint density at radius 1 is 1.00 bits per heavy atom. The zero-order valence-electron chi connectivity index (χ0n) is 20.7. The molecule has 0 amide bonds. The minimum atomic E-state index is -0.179. The van der Waals surface area contributed by atoms with Crippen molar-refractivity contribution in [2.24, 2.45) is 0 Å². The third kappa shape index (κ3) is 5.28. The summed E-state index contributed by atoms with van der Waals surface area (Å²) in [6, 6.07) is 17.0. The molecule has 1 N–H and O–H groups in total. The highest BCUT2D eigenvalue weighted by Gasteiger charge is 2.22. The second kappa shape index (κ2) is 9.90. The molecule has 0 aliphatic rings. The predicted molar refractivity (Wildman–Crippen MR) is 151 cm³/mol. The van der Waals surface area contributed by atoms with Gasteiger partial charge >= 0.3 is 0 Å². The highest BCUT2D eigenvalue weighted by molar-refractivity contribution is 14.1. The van der Waals surface area contributed by atoms with E-state index in [-0.39, 0.29) is 11.2 Å². The summed E-state index contributed by atoms with van der Waals surface area (Å²) >= 11 is 4.31. The summed E-state index contributed by atoms with van der Waals surface area (Å²) in [7, 11) is 0. The number of phenols is 1. The van der Waals surface area contributed by atoms with Crippen LogP contribution in [0.5, 0.6) is 5.75 Å². The molecule has 4 rings (SSSR count). The summed E-state index contributed by atoms with van der Waals surface area (Å²) in [6.07, 6.45) is 2.37. The average Bonchev–Trinajstić information content (AvgIpc) is 3.19. The average molecular weight is 586 g/mol. The molecule has 1 atom stereocenters. The number of aromatic hydroxyl groups is 1. The summed E-state index contributed by atoms with van der Waals surface area (Å²) in [5.41, 5.74) is 6.68. The lowest BCUT2D eigenvalue weighted by Crippen LogP contribution is -2.13. The highest BCUT2D eigenvalue weighted by atomic mass is 127. The first-order valence-corrected chi connectivity index (χ1v) is 13.8. The van der Waals surface area contributed by atoms with Gasteiger partial charge in [0, 0.05) is 19.3 Å². The van der Waals surface area contributed by atoms with Crippen molar-refractivity contribution in [3.8, 4) is 11.4 Å². The molecular formula is C28H32IN3OS. The zero-order valence-corrected chi connectivity index (χ0v) is 23.7. The van der Waals surface area contributed by atoms with Crippen molar-refractivity contribution >= 4 is 45.4 Å². The first-order chi connectivity index (χ1) is 16.1. The van der Waals surface area contributed by atoms with Gasteiger partial charge in [-0.05, 0) is 72.7 Å². The first-order valence-electron chi connectivity index (χ1n) is 11.7. The number of hydrogen-bond donors (Lipinski definition) is 1. The molecule has 0 radical (unpaired) electrons. The monoisotopic (exact) mass is 585 g/mol. The van der Waals surface area contributed by atoms with Gasteiger partial charge in [-0.1, -0.05) is 86.7 Å². The van der Waals surface area contributed by atoms with E-state index in [0.29, 0.717) is 9.61 Å². The number of halogens is 1. The Labute approximate surface area is 220 Å². The Balaban J connectivity index is 1.69. The number of fused-ring (bicyclic) bond motifs is 1. The molecule has 34 heavy (non-hydrogen) atoms. The van der Waals surface area contributed by atoms with Gasteiger partial charge in [0.15, 0.2) is 0 Å². The van der Waals surface area contributed by atoms with Crippen LogP contribution < -0.4 is 0 Å². The maximum atomic E-state index is 11.0. The number of nitrogens with zero attached hydrogens (tertiary/aromatic N) is 3. The first kappa shape index (κ1) is 25.0. The Morgan fingerprint density at radius 3 is 2.44 bits per heavy atom. The molecular weight excluding hydrogens is 553 g/mol. The normalized spacial score (nSPS) is 12.9. The predicted octanol–water partition coefficient (Wildman–Crippen LogP) is 8.47. The smallest absolute Gasteiger partial charge is 0.146 e. The largest absolute Gasteiger partial charge is 0.505 e. The molecule has 178 valence electrons. The Bertz CT molecular complexity index is 1340. The van der Waals surface area contributed by atoms with Crippen molar-refractivity contribution in [2.75, 3.05) is 0 Å². The number of aromatic nitrogens is 3.